The summed E-state index contributed by atoms with van der Waals surface area (Å²) >= 11 is 5.90. The van der Waals surface area contributed by atoms with Gasteiger partial charge in [0.05, 0.1) is 14.2 Å². The lowest BCUT2D eigenvalue weighted by atomic mass is 10.1. The Morgan fingerprint density at radius 2 is 1.92 bits per heavy atom. The first-order valence-electron chi connectivity index (χ1n) is 7.80. The van der Waals surface area contributed by atoms with Crippen molar-refractivity contribution in [3.63, 3.8) is 0 Å². The Morgan fingerprint density at radius 3 is 2.64 bits per heavy atom. The molecule has 0 aliphatic carbocycles. The molecule has 0 atom stereocenters. The second-order valence-corrected chi connectivity index (χ2v) is 5.66. The Bertz CT molecular complexity index is 747. The summed E-state index contributed by atoms with van der Waals surface area (Å²) in [4.78, 5) is 11.8. The van der Waals surface area contributed by atoms with Gasteiger partial charge in [-0.05, 0) is 47.9 Å². The van der Waals surface area contributed by atoms with Crippen LogP contribution in [0.4, 0.5) is 4.79 Å². The molecule has 0 aromatic heterocycles. The summed E-state index contributed by atoms with van der Waals surface area (Å²) in [5.74, 6) is 1.36. The highest BCUT2D eigenvalue weighted by molar-refractivity contribution is 6.30. The molecule has 6 heteroatoms. The van der Waals surface area contributed by atoms with Crippen LogP contribution in [0.2, 0.25) is 5.02 Å². The van der Waals surface area contributed by atoms with Gasteiger partial charge < -0.3 is 20.1 Å². The van der Waals surface area contributed by atoms with Crippen LogP contribution >= 0.6 is 11.6 Å². The van der Waals surface area contributed by atoms with Gasteiger partial charge in [-0.1, -0.05) is 29.8 Å². The standard InChI is InChI=1S/C19H21ClN2O3/c1-24-17-7-6-15(13-18(17)25-2)9-11-22-19(23)21-10-8-14-4-3-5-16(20)12-14/h3-8,10,12-13H,9,11H2,1-2H3,(H2,21,22,23)/b10-8+. The van der Waals surface area contributed by atoms with E-state index in [-0.39, 0.29) is 6.03 Å². The fourth-order valence-electron chi connectivity index (χ4n) is 2.23. The molecule has 0 heterocycles. The van der Waals surface area contributed by atoms with Gasteiger partial charge in [-0.2, -0.15) is 0 Å². The lowest BCUT2D eigenvalue weighted by Crippen LogP contribution is -2.33. The molecule has 2 aromatic rings. The van der Waals surface area contributed by atoms with E-state index < -0.39 is 0 Å². The van der Waals surface area contributed by atoms with E-state index in [1.165, 1.54) is 0 Å². The van der Waals surface area contributed by atoms with Crippen LogP contribution in [0.25, 0.3) is 6.08 Å². The summed E-state index contributed by atoms with van der Waals surface area (Å²) in [6.07, 6.45) is 4.04. The zero-order valence-corrected chi connectivity index (χ0v) is 15.0. The van der Waals surface area contributed by atoms with Gasteiger partial charge in [0.15, 0.2) is 11.5 Å². The number of ether oxygens (including phenoxy) is 2. The van der Waals surface area contributed by atoms with E-state index in [1.54, 1.807) is 32.6 Å². The first-order valence-corrected chi connectivity index (χ1v) is 8.17. The molecule has 0 fully saturated rings. The van der Waals surface area contributed by atoms with Crippen LogP contribution in [0.5, 0.6) is 11.5 Å². The molecular weight excluding hydrogens is 340 g/mol. The van der Waals surface area contributed by atoms with E-state index in [0.29, 0.717) is 29.5 Å². The molecule has 2 amide bonds. The van der Waals surface area contributed by atoms with Gasteiger partial charge in [0.25, 0.3) is 0 Å². The van der Waals surface area contributed by atoms with E-state index in [1.807, 2.05) is 36.4 Å². The maximum absolute atomic E-state index is 11.8. The molecule has 0 aliphatic rings. The molecule has 0 radical (unpaired) electrons. The molecule has 0 saturated heterocycles. The summed E-state index contributed by atoms with van der Waals surface area (Å²) in [5, 5.41) is 6.11. The third kappa shape index (κ3) is 6.04. The molecule has 0 saturated carbocycles. The summed E-state index contributed by atoms with van der Waals surface area (Å²) in [7, 11) is 3.19. The van der Waals surface area contributed by atoms with Crippen LogP contribution in [-0.4, -0.2) is 26.8 Å². The molecule has 0 bridgehead atoms. The van der Waals surface area contributed by atoms with Gasteiger partial charge in [0.1, 0.15) is 0 Å². The van der Waals surface area contributed by atoms with E-state index >= 15 is 0 Å². The van der Waals surface area contributed by atoms with Crippen molar-refractivity contribution in [1.29, 1.82) is 0 Å². The molecule has 0 unspecified atom stereocenters. The predicted molar refractivity (Wildman–Crippen MR) is 100 cm³/mol. The summed E-state index contributed by atoms with van der Waals surface area (Å²) in [6, 6.07) is 12.8. The van der Waals surface area contributed by atoms with Crippen LogP contribution < -0.4 is 20.1 Å². The van der Waals surface area contributed by atoms with Gasteiger partial charge in [-0.15, -0.1) is 0 Å². The van der Waals surface area contributed by atoms with Crippen molar-refractivity contribution >= 4 is 23.7 Å². The van der Waals surface area contributed by atoms with E-state index in [9.17, 15) is 4.79 Å². The van der Waals surface area contributed by atoms with Crippen LogP contribution in [-0.2, 0) is 6.42 Å². The van der Waals surface area contributed by atoms with Crippen molar-refractivity contribution in [1.82, 2.24) is 10.6 Å². The molecule has 25 heavy (non-hydrogen) atoms. The zero-order chi connectivity index (χ0) is 18.1. The fourth-order valence-corrected chi connectivity index (χ4v) is 2.43. The van der Waals surface area contributed by atoms with E-state index in [4.69, 9.17) is 21.1 Å². The molecule has 5 nitrogen and oxygen atoms in total. The summed E-state index contributed by atoms with van der Waals surface area (Å²) in [6.45, 7) is 0.506. The minimum Gasteiger partial charge on any atom is -0.493 e. The number of carbonyl (C=O) groups is 1. The topological polar surface area (TPSA) is 59.6 Å². The zero-order valence-electron chi connectivity index (χ0n) is 14.2. The van der Waals surface area contributed by atoms with Crippen molar-refractivity contribution in [2.75, 3.05) is 20.8 Å². The summed E-state index contributed by atoms with van der Waals surface area (Å²) < 4.78 is 10.5. The number of amides is 2. The van der Waals surface area contributed by atoms with Gasteiger partial charge in [0.2, 0.25) is 0 Å². The first-order chi connectivity index (χ1) is 12.1. The van der Waals surface area contributed by atoms with Crippen LogP contribution in [0.15, 0.2) is 48.7 Å². The van der Waals surface area contributed by atoms with Gasteiger partial charge in [0, 0.05) is 17.8 Å². The normalized spacial score (nSPS) is 10.5. The molecule has 0 aliphatic heterocycles. The Labute approximate surface area is 152 Å². The highest BCUT2D eigenvalue weighted by Crippen LogP contribution is 2.27. The smallest absolute Gasteiger partial charge is 0.318 e. The van der Waals surface area contributed by atoms with Gasteiger partial charge in [-0.3, -0.25) is 0 Å². The Morgan fingerprint density at radius 1 is 1.12 bits per heavy atom. The number of hydrogen-bond acceptors (Lipinski definition) is 3. The minimum atomic E-state index is -0.265. The number of benzene rings is 2. The van der Waals surface area contributed by atoms with E-state index in [2.05, 4.69) is 10.6 Å². The highest BCUT2D eigenvalue weighted by atomic mass is 35.5. The number of nitrogens with one attached hydrogen (secondary N) is 2. The molecule has 2 aromatic carbocycles. The molecule has 2 rings (SSSR count). The third-order valence-electron chi connectivity index (χ3n) is 3.49. The second kappa shape index (κ2) is 9.59. The minimum absolute atomic E-state index is 0.265. The largest absolute Gasteiger partial charge is 0.493 e. The number of hydrogen-bond donors (Lipinski definition) is 2. The number of methoxy groups -OCH3 is 2. The highest BCUT2D eigenvalue weighted by Gasteiger charge is 2.05. The van der Waals surface area contributed by atoms with Crippen molar-refractivity contribution in [2.45, 2.75) is 6.42 Å². The Balaban J connectivity index is 1.77. The average Bonchev–Trinajstić information content (AvgIpc) is 2.61. The predicted octanol–water partition coefficient (Wildman–Crippen LogP) is 3.87. The molecular formula is C19H21ClN2O3. The Hall–Kier alpha value is -2.66. The van der Waals surface area contributed by atoms with Crippen LogP contribution in [0.1, 0.15) is 11.1 Å². The summed E-state index contributed by atoms with van der Waals surface area (Å²) in [5.41, 5.74) is 1.96. The molecule has 0 spiro atoms. The average molecular weight is 361 g/mol. The lowest BCUT2D eigenvalue weighted by Gasteiger charge is -2.10. The number of carbonyl (C=O) groups excluding carboxylic acids is 1. The van der Waals surface area contributed by atoms with Crippen LogP contribution in [0, 0.1) is 0 Å². The number of halogens is 1. The first kappa shape index (κ1) is 18.7. The van der Waals surface area contributed by atoms with Gasteiger partial charge in [-0.25, -0.2) is 4.79 Å². The van der Waals surface area contributed by atoms with Crippen molar-refractivity contribution in [3.8, 4) is 11.5 Å². The maximum atomic E-state index is 11.8. The van der Waals surface area contributed by atoms with Crippen molar-refractivity contribution < 1.29 is 14.3 Å². The fraction of sp³-hybridized carbons (Fsp3) is 0.211. The van der Waals surface area contributed by atoms with E-state index in [0.717, 1.165) is 11.1 Å². The van der Waals surface area contributed by atoms with Crippen molar-refractivity contribution in [3.05, 3.63) is 64.8 Å². The van der Waals surface area contributed by atoms with Gasteiger partial charge >= 0.3 is 6.03 Å². The van der Waals surface area contributed by atoms with Crippen molar-refractivity contribution in [2.24, 2.45) is 0 Å². The molecule has 132 valence electrons. The third-order valence-corrected chi connectivity index (χ3v) is 3.72. The number of rotatable bonds is 7. The quantitative estimate of drug-likeness (QED) is 0.788. The Kier molecular flexibility index (Phi) is 7.16. The SMILES string of the molecule is COc1ccc(CCNC(=O)N/C=C/c2cccc(Cl)c2)cc1OC. The van der Waals surface area contributed by atoms with Crippen LogP contribution in [0.3, 0.4) is 0 Å². The molecule has 2 N–H and O–H groups in total. The lowest BCUT2D eigenvalue weighted by molar-refractivity contribution is 0.244. The maximum Gasteiger partial charge on any atom is 0.318 e. The second-order valence-electron chi connectivity index (χ2n) is 5.23. The number of urea groups is 1. The monoisotopic (exact) mass is 360 g/mol.